The van der Waals surface area contributed by atoms with E-state index in [0.717, 1.165) is 10.7 Å². The van der Waals surface area contributed by atoms with Crippen LogP contribution in [0.2, 0.25) is 0 Å². The Bertz CT molecular complexity index is 1040. The van der Waals surface area contributed by atoms with E-state index in [2.05, 4.69) is 10.4 Å². The Kier molecular flexibility index (Phi) is 4.88. The minimum absolute atomic E-state index is 0.0951. The summed E-state index contributed by atoms with van der Waals surface area (Å²) < 4.78 is 79.8. The maximum Gasteiger partial charge on any atom is 0.435 e. The van der Waals surface area contributed by atoms with Gasteiger partial charge >= 0.3 is 6.18 Å². The number of aryl methyl sites for hydroxylation is 1. The Hall–Kier alpha value is -3.30. The van der Waals surface area contributed by atoms with E-state index >= 15 is 0 Å². The monoisotopic (exact) mass is 399 g/mol. The third-order valence-corrected chi connectivity index (χ3v) is 3.82. The van der Waals surface area contributed by atoms with Crippen molar-refractivity contribution in [3.8, 4) is 5.69 Å². The summed E-state index contributed by atoms with van der Waals surface area (Å²) in [5, 5.41) is 5.68. The fraction of sp³-hybridized carbons (Fsp3) is 0.111. The molecule has 0 saturated heterocycles. The molecule has 1 amide bonds. The van der Waals surface area contributed by atoms with Gasteiger partial charge in [-0.1, -0.05) is 0 Å². The summed E-state index contributed by atoms with van der Waals surface area (Å²) in [6.07, 6.45) is -4.59. The van der Waals surface area contributed by atoms with Crippen molar-refractivity contribution in [2.24, 2.45) is 0 Å². The molecule has 0 fully saturated rings. The fourth-order valence-corrected chi connectivity index (χ4v) is 2.49. The van der Waals surface area contributed by atoms with E-state index < -0.39 is 40.8 Å². The molecular weight excluding hydrogens is 388 g/mol. The molecular formula is C18H11F6N3O. The van der Waals surface area contributed by atoms with Crippen molar-refractivity contribution in [2.75, 3.05) is 5.32 Å². The smallest absolute Gasteiger partial charge is 0.322 e. The second-order valence-electron chi connectivity index (χ2n) is 5.80. The van der Waals surface area contributed by atoms with Crippen LogP contribution in [-0.4, -0.2) is 15.7 Å². The number of nitrogens with one attached hydrogen (secondary N) is 1. The lowest BCUT2D eigenvalue weighted by Crippen LogP contribution is -2.16. The van der Waals surface area contributed by atoms with E-state index in [1.807, 2.05) is 0 Å². The number of amides is 1. The van der Waals surface area contributed by atoms with Gasteiger partial charge in [-0.25, -0.2) is 17.9 Å². The van der Waals surface area contributed by atoms with Crippen LogP contribution in [0.5, 0.6) is 0 Å². The first kappa shape index (κ1) is 19.5. The van der Waals surface area contributed by atoms with E-state index in [1.165, 1.54) is 31.2 Å². The quantitative estimate of drug-likeness (QED) is 0.505. The van der Waals surface area contributed by atoms with Crippen LogP contribution < -0.4 is 5.32 Å². The van der Waals surface area contributed by atoms with Crippen LogP contribution in [0.3, 0.4) is 0 Å². The highest BCUT2D eigenvalue weighted by Gasteiger charge is 2.34. The van der Waals surface area contributed by atoms with Gasteiger partial charge in [-0.05, 0) is 49.4 Å². The molecule has 3 aromatic rings. The molecule has 0 unspecified atom stereocenters. The normalized spacial score (nSPS) is 11.5. The molecule has 4 nitrogen and oxygen atoms in total. The minimum atomic E-state index is -4.59. The number of hydrogen-bond donors (Lipinski definition) is 1. The van der Waals surface area contributed by atoms with Crippen molar-refractivity contribution in [3.05, 3.63) is 76.9 Å². The van der Waals surface area contributed by atoms with E-state index in [9.17, 15) is 31.1 Å². The number of rotatable bonds is 3. The first-order chi connectivity index (χ1) is 13.1. The standard InChI is InChI=1S/C18H11F6N3O/c1-9-8-14(18(22,23)24)26-27(9)11-4-2-10(3-5-11)25-17(28)15-12(19)6-7-13(20)16(15)21/h2-8H,1H3,(H,25,28). The molecule has 1 N–H and O–H groups in total. The van der Waals surface area contributed by atoms with Crippen molar-refractivity contribution < 1.29 is 31.1 Å². The maximum absolute atomic E-state index is 13.7. The highest BCUT2D eigenvalue weighted by Crippen LogP contribution is 2.29. The van der Waals surface area contributed by atoms with Gasteiger partial charge in [0.1, 0.15) is 11.4 Å². The van der Waals surface area contributed by atoms with Crippen molar-refractivity contribution in [1.82, 2.24) is 9.78 Å². The number of hydrogen-bond acceptors (Lipinski definition) is 2. The average molecular weight is 399 g/mol. The van der Waals surface area contributed by atoms with Crippen molar-refractivity contribution in [2.45, 2.75) is 13.1 Å². The first-order valence-corrected chi connectivity index (χ1v) is 7.77. The van der Waals surface area contributed by atoms with E-state index in [4.69, 9.17) is 0 Å². The zero-order chi connectivity index (χ0) is 20.6. The first-order valence-electron chi connectivity index (χ1n) is 7.77. The SMILES string of the molecule is Cc1cc(C(F)(F)F)nn1-c1ccc(NC(=O)c2c(F)ccc(F)c2F)cc1. The van der Waals surface area contributed by atoms with Crippen LogP contribution in [-0.2, 0) is 6.18 Å². The summed E-state index contributed by atoms with van der Waals surface area (Å²) in [6, 6.07) is 7.37. The zero-order valence-corrected chi connectivity index (χ0v) is 14.1. The molecule has 0 saturated carbocycles. The molecule has 0 atom stereocenters. The lowest BCUT2D eigenvalue weighted by Gasteiger charge is -2.09. The number of anilines is 1. The van der Waals surface area contributed by atoms with E-state index in [-0.39, 0.29) is 17.1 Å². The molecule has 28 heavy (non-hydrogen) atoms. The van der Waals surface area contributed by atoms with Crippen molar-refractivity contribution in [3.63, 3.8) is 0 Å². The van der Waals surface area contributed by atoms with Gasteiger partial charge in [0, 0.05) is 11.4 Å². The molecule has 0 aliphatic carbocycles. The largest absolute Gasteiger partial charge is 0.435 e. The number of carbonyl (C=O) groups is 1. The van der Waals surface area contributed by atoms with Crippen LogP contribution in [0, 0.1) is 24.4 Å². The predicted octanol–water partition coefficient (Wildman–Crippen LogP) is 4.87. The molecule has 0 aliphatic rings. The summed E-state index contributed by atoms with van der Waals surface area (Å²) >= 11 is 0. The molecule has 0 bridgehead atoms. The van der Waals surface area contributed by atoms with E-state index in [0.29, 0.717) is 12.1 Å². The topological polar surface area (TPSA) is 46.9 Å². The Morgan fingerprint density at radius 1 is 1.00 bits per heavy atom. The van der Waals surface area contributed by atoms with Crippen LogP contribution in [0.25, 0.3) is 5.69 Å². The molecule has 1 aromatic heterocycles. The van der Waals surface area contributed by atoms with E-state index in [1.54, 1.807) is 0 Å². The summed E-state index contributed by atoms with van der Waals surface area (Å²) in [6.45, 7) is 1.44. The third-order valence-electron chi connectivity index (χ3n) is 3.82. The van der Waals surface area contributed by atoms with Gasteiger partial charge in [-0.2, -0.15) is 18.3 Å². The minimum Gasteiger partial charge on any atom is -0.322 e. The van der Waals surface area contributed by atoms with Crippen LogP contribution in [0.15, 0.2) is 42.5 Å². The predicted molar refractivity (Wildman–Crippen MR) is 87.6 cm³/mol. The molecule has 1 heterocycles. The summed E-state index contributed by atoms with van der Waals surface area (Å²) in [5.74, 6) is -5.45. The summed E-state index contributed by atoms with van der Waals surface area (Å²) in [7, 11) is 0. The fourth-order valence-electron chi connectivity index (χ4n) is 2.49. The third kappa shape index (κ3) is 3.71. The molecule has 0 spiro atoms. The molecule has 10 heteroatoms. The van der Waals surface area contributed by atoms with Gasteiger partial charge in [0.25, 0.3) is 5.91 Å². The average Bonchev–Trinajstić information content (AvgIpc) is 3.01. The summed E-state index contributed by atoms with van der Waals surface area (Å²) in [4.78, 5) is 12.0. The zero-order valence-electron chi connectivity index (χ0n) is 14.1. The number of halogens is 6. The Morgan fingerprint density at radius 2 is 1.61 bits per heavy atom. The number of alkyl halides is 3. The van der Waals surface area contributed by atoms with Gasteiger partial charge in [0.05, 0.1) is 5.69 Å². The number of aromatic nitrogens is 2. The van der Waals surface area contributed by atoms with Gasteiger partial charge in [0.15, 0.2) is 17.3 Å². The lowest BCUT2D eigenvalue weighted by molar-refractivity contribution is -0.141. The second kappa shape index (κ2) is 7.02. The van der Waals surface area contributed by atoms with Gasteiger partial charge in [-0.15, -0.1) is 0 Å². The Balaban J connectivity index is 1.84. The number of carbonyl (C=O) groups excluding carboxylic acids is 1. The Morgan fingerprint density at radius 3 is 2.18 bits per heavy atom. The molecule has 0 aliphatic heterocycles. The lowest BCUT2D eigenvalue weighted by atomic mass is 10.1. The molecule has 0 radical (unpaired) electrons. The summed E-state index contributed by atoms with van der Waals surface area (Å²) in [5.41, 5.74) is -1.54. The van der Waals surface area contributed by atoms with Crippen LogP contribution in [0.1, 0.15) is 21.7 Å². The second-order valence-corrected chi connectivity index (χ2v) is 5.80. The van der Waals surface area contributed by atoms with Crippen LogP contribution in [0.4, 0.5) is 32.0 Å². The number of benzene rings is 2. The number of nitrogens with zero attached hydrogens (tertiary/aromatic N) is 2. The highest BCUT2D eigenvalue weighted by molar-refractivity contribution is 6.04. The molecule has 3 rings (SSSR count). The van der Waals surface area contributed by atoms with Gasteiger partial charge in [-0.3, -0.25) is 4.79 Å². The van der Waals surface area contributed by atoms with Crippen LogP contribution >= 0.6 is 0 Å². The Labute approximate surface area is 154 Å². The van der Waals surface area contributed by atoms with Gasteiger partial charge < -0.3 is 5.32 Å². The molecule has 146 valence electrons. The highest BCUT2D eigenvalue weighted by atomic mass is 19.4. The van der Waals surface area contributed by atoms with Crippen molar-refractivity contribution >= 4 is 11.6 Å². The van der Waals surface area contributed by atoms with Crippen molar-refractivity contribution in [1.29, 1.82) is 0 Å². The maximum atomic E-state index is 13.7. The van der Waals surface area contributed by atoms with Gasteiger partial charge in [0.2, 0.25) is 0 Å². The molecule has 2 aromatic carbocycles.